The maximum absolute atomic E-state index is 9.88. The maximum Gasteiger partial charge on any atom is 0.159 e. The molecule has 0 aliphatic carbocycles. The second-order valence-electron chi connectivity index (χ2n) is 36.5. The van der Waals surface area contributed by atoms with Gasteiger partial charge >= 0.3 is 0 Å². The smallest absolute Gasteiger partial charge is 0.159 e. The Balaban J connectivity index is 1.00. The summed E-state index contributed by atoms with van der Waals surface area (Å²) in [6, 6.07) is 75.0. The first-order valence-corrected chi connectivity index (χ1v) is 38.3. The second-order valence-corrected chi connectivity index (χ2v) is 36.5. The summed E-state index contributed by atoms with van der Waals surface area (Å²) in [6.45, 7) is 41.0. The van der Waals surface area contributed by atoms with Gasteiger partial charge in [0.05, 0.1) is 72.8 Å². The Morgan fingerprint density at radius 1 is 0.287 bits per heavy atom. The fourth-order valence-corrected chi connectivity index (χ4v) is 16.9. The van der Waals surface area contributed by atoms with Crippen LogP contribution in [0.25, 0.3) is 110 Å². The summed E-state index contributed by atoms with van der Waals surface area (Å²) in [5.41, 5.74) is 25.4. The molecule has 0 bridgehead atoms. The van der Waals surface area contributed by atoms with E-state index < -0.39 is 47.6 Å². The van der Waals surface area contributed by atoms with Gasteiger partial charge in [0.1, 0.15) is 0 Å². The van der Waals surface area contributed by atoms with Crippen LogP contribution in [0, 0.1) is 0 Å². The molecule has 3 aromatic heterocycles. The van der Waals surface area contributed by atoms with E-state index in [-0.39, 0.29) is 61.0 Å². The van der Waals surface area contributed by atoms with Gasteiger partial charge in [-0.25, -0.2) is 0 Å². The van der Waals surface area contributed by atoms with Crippen LogP contribution in [0.15, 0.2) is 265 Å². The van der Waals surface area contributed by atoms with E-state index in [0.29, 0.717) is 5.69 Å². The molecule has 0 fully saturated rings. The summed E-state index contributed by atoms with van der Waals surface area (Å²) in [5, 5.41) is 4.37. The number of anilines is 6. The van der Waals surface area contributed by atoms with Gasteiger partial charge in [-0.1, -0.05) is 288 Å². The quantitative estimate of drug-likeness (QED) is 0.159. The van der Waals surface area contributed by atoms with Crippen molar-refractivity contribution in [3.8, 4) is 44.8 Å². The van der Waals surface area contributed by atoms with Crippen LogP contribution in [0.2, 0.25) is 0 Å². The zero-order chi connectivity index (χ0) is 82.2. The lowest BCUT2D eigenvalue weighted by atomic mass is 9.72. The van der Waals surface area contributed by atoms with E-state index in [2.05, 4.69) is 345 Å². The van der Waals surface area contributed by atoms with E-state index in [9.17, 15) is 8.22 Å². The Morgan fingerprint density at radius 2 is 0.759 bits per heavy atom. The zero-order valence-electron chi connectivity index (χ0n) is 73.5. The molecule has 18 rings (SSSR count). The van der Waals surface area contributed by atoms with Gasteiger partial charge in [-0.3, -0.25) is 0 Å². The highest BCUT2D eigenvalue weighted by molar-refractivity contribution is 6.16. The van der Waals surface area contributed by atoms with E-state index >= 15 is 0 Å². The highest BCUT2D eigenvalue weighted by Crippen LogP contribution is 2.65. The van der Waals surface area contributed by atoms with Gasteiger partial charge in [-0.15, -0.1) is 0 Å². The van der Waals surface area contributed by atoms with Crippen LogP contribution in [-0.4, -0.2) is 9.13 Å². The molecule has 2 aliphatic rings. The summed E-state index contributed by atoms with van der Waals surface area (Å²) in [7, 11) is 0. The fourth-order valence-electron chi connectivity index (χ4n) is 16.9. The minimum absolute atomic E-state index is 0.0127. The van der Waals surface area contributed by atoms with Crippen molar-refractivity contribution in [2.45, 2.75) is 163 Å². The van der Waals surface area contributed by atoms with Crippen molar-refractivity contribution in [2.24, 2.45) is 0 Å². The number of para-hydroxylation sites is 4. The summed E-state index contributed by atoms with van der Waals surface area (Å²) in [4.78, 5) is 4.95. The molecule has 536 valence electrons. The number of furan rings is 1. The maximum atomic E-state index is 9.88. The number of hydrogen-bond donors (Lipinski definition) is 0. The highest BCUT2D eigenvalue weighted by Gasteiger charge is 2.45. The zero-order valence-corrected chi connectivity index (χ0v) is 65.5. The first-order valence-electron chi connectivity index (χ1n) is 42.3. The first kappa shape index (κ1) is 59.9. The molecule has 1 unspecified atom stereocenters. The molecule has 0 radical (unpaired) electrons. The molecule has 5 heteroatoms. The molecule has 5 nitrogen and oxygen atoms in total. The van der Waals surface area contributed by atoms with Crippen molar-refractivity contribution in [1.29, 1.82) is 0 Å². The lowest BCUT2D eigenvalue weighted by Crippen LogP contribution is -2.31. The monoisotopic (exact) mass is 1410 g/mol. The van der Waals surface area contributed by atoms with Gasteiger partial charge in [0.25, 0.3) is 0 Å². The lowest BCUT2D eigenvalue weighted by Gasteiger charge is -2.47. The minimum atomic E-state index is -0.510. The Morgan fingerprint density at radius 3 is 1.28 bits per heavy atom. The topological polar surface area (TPSA) is 29.5 Å². The van der Waals surface area contributed by atoms with Crippen LogP contribution in [0.5, 0.6) is 0 Å². The third kappa shape index (κ3) is 11.1. The van der Waals surface area contributed by atoms with Crippen LogP contribution >= 0.6 is 0 Å². The molecule has 13 aromatic carbocycles. The molecule has 1 atom stereocenters. The summed E-state index contributed by atoms with van der Waals surface area (Å²) < 4.78 is 87.8. The Kier molecular flexibility index (Phi) is 13.4. The predicted molar refractivity (Wildman–Crippen MR) is 461 cm³/mol. The third-order valence-corrected chi connectivity index (χ3v) is 23.0. The van der Waals surface area contributed by atoms with E-state index in [0.717, 1.165) is 134 Å². The fraction of sp³-hybridized carbons (Fsp3) is 0.243. The number of rotatable bonds is 7. The molecule has 16 aromatic rings. The Hall–Kier alpha value is -11.1. The first-order chi connectivity index (χ1) is 54.7. The van der Waals surface area contributed by atoms with E-state index in [1.165, 1.54) is 33.0 Å². The van der Waals surface area contributed by atoms with Gasteiger partial charge in [-0.2, -0.15) is 0 Å². The largest absolute Gasteiger partial charge is 0.452 e. The standard InChI is InChI=1S/C103H98N4O/c1-98(2,3)66-44-49-85-80(55-66)81-56-67(99(4,5)6)45-50-86(81)105(85)88-41-29-37-75-76-38-30-42-89(97(76)108-96(75)88)106-87-48-43-64(65-51-68(100(7,8)9)54-69(52-65)101(10,11)12)53-82(87)93-77-47-46-72(104-83-39-27-25-35-73(83)74-36-26-28-40-84(74)104)61-90(77)107(92-60-71(103(16,17)18)59-91(106)94(92)93)95-78(62-31-21-19-22-32-62)57-70(102(13,14)15)58-79(95)63-33-23-20-24-34-63/h19-61,93H,1-18H3/i25D,26D,27D,28D,35D,36D,39D,40D. The van der Waals surface area contributed by atoms with Crippen LogP contribution in [0.1, 0.15) is 192 Å². The van der Waals surface area contributed by atoms with E-state index in [4.69, 9.17) is 7.16 Å². The average Bonchev–Trinajstić information content (AvgIpc) is 0.718. The SMILES string of the molecule is [2H]c1c([2H])c([2H])c2c(c1[2H])c1c([2H])c([2H])c([2H])c([2H])c1n2-c1ccc2c(c1)N(c1c(-c3ccccc3)cc(C(C)(C)C)cc1-c1ccccc1)c1cc(C(C)(C)C)cc3c1C2c1cc(-c2cc(C(C)(C)C)cc(C(C)(C)C)c2)ccc1N3c1cccc2c1oc1c(-n3c4ccc(C(C)(C)C)cc4c4cc(C(C)(C)C)ccc43)cccc12. The molecular weight excluding hydrogens is 1310 g/mol. The van der Waals surface area contributed by atoms with Gasteiger partial charge in [0.2, 0.25) is 0 Å². The third-order valence-electron chi connectivity index (χ3n) is 23.0. The van der Waals surface area contributed by atoms with Crippen molar-refractivity contribution in [3.63, 3.8) is 0 Å². The molecular formula is C103H98N4O. The van der Waals surface area contributed by atoms with Crippen LogP contribution in [-0.2, 0) is 32.5 Å². The van der Waals surface area contributed by atoms with Crippen molar-refractivity contribution < 1.29 is 15.4 Å². The van der Waals surface area contributed by atoms with Crippen LogP contribution in [0.4, 0.5) is 34.1 Å². The van der Waals surface area contributed by atoms with Gasteiger partial charge in [0, 0.05) is 60.6 Å². The number of hydrogen-bond acceptors (Lipinski definition) is 3. The summed E-state index contributed by atoms with van der Waals surface area (Å²) in [5.74, 6) is -0.510. The minimum Gasteiger partial charge on any atom is -0.452 e. The number of aromatic nitrogens is 2. The molecule has 5 heterocycles. The normalized spacial score (nSPS) is 15.3. The van der Waals surface area contributed by atoms with Crippen molar-refractivity contribution >= 4 is 99.7 Å². The molecule has 0 spiro atoms. The van der Waals surface area contributed by atoms with Gasteiger partial charge < -0.3 is 23.4 Å². The molecule has 2 aliphatic heterocycles. The number of fused-ring (bicyclic) bond motifs is 13. The molecule has 108 heavy (non-hydrogen) atoms. The molecule has 0 N–H and O–H groups in total. The number of benzene rings is 13. The van der Waals surface area contributed by atoms with Gasteiger partial charge in [-0.05, 0) is 196 Å². The van der Waals surface area contributed by atoms with Crippen LogP contribution in [0.3, 0.4) is 0 Å². The number of nitrogens with zero attached hydrogens (tertiary/aromatic N) is 4. The predicted octanol–water partition coefficient (Wildman–Crippen LogP) is 29.3. The molecule has 0 amide bonds. The van der Waals surface area contributed by atoms with Gasteiger partial charge in [0.15, 0.2) is 11.2 Å². The Labute approximate surface area is 649 Å². The van der Waals surface area contributed by atoms with Crippen LogP contribution < -0.4 is 9.80 Å². The van der Waals surface area contributed by atoms with Crippen molar-refractivity contribution in [1.82, 2.24) is 9.13 Å². The Bertz CT molecular complexity index is 6640. The second kappa shape index (κ2) is 24.2. The summed E-state index contributed by atoms with van der Waals surface area (Å²) >= 11 is 0. The lowest BCUT2D eigenvalue weighted by molar-refractivity contribution is 0.569. The highest BCUT2D eigenvalue weighted by atomic mass is 16.3. The van der Waals surface area contributed by atoms with E-state index in [1.807, 2.05) is 6.07 Å². The van der Waals surface area contributed by atoms with Crippen molar-refractivity contribution in [2.75, 3.05) is 9.80 Å². The molecule has 0 saturated carbocycles. The van der Waals surface area contributed by atoms with Crippen molar-refractivity contribution in [3.05, 3.63) is 311 Å². The van der Waals surface area contributed by atoms with E-state index in [1.54, 1.807) is 4.57 Å². The molecule has 0 saturated heterocycles. The summed E-state index contributed by atoms with van der Waals surface area (Å²) in [6.07, 6.45) is 0. The average molecular weight is 1420 g/mol.